The van der Waals surface area contributed by atoms with E-state index in [2.05, 4.69) is 0 Å². The van der Waals surface area contributed by atoms with Gasteiger partial charge >= 0.3 is 37.8 Å². The predicted molar refractivity (Wildman–Crippen MR) is 27.9 cm³/mol. The standard InChI is InChI=1S/Na.HO3P.H2O.H3P.H/c;1-4(2)3;;;/h;(H-,1,2,3);1H2;1H3;/q+1;;;;-1/p+1. The number of hydrogen-bond donors (Lipinski definition) is 2. The molecule has 1 unspecified atom stereocenters. The van der Waals surface area contributed by atoms with Crippen LogP contribution >= 0.6 is 18.2 Å². The Morgan fingerprint density at radius 1 is 1.43 bits per heavy atom. The van der Waals surface area contributed by atoms with Gasteiger partial charge in [0.15, 0.2) is 0 Å². The summed E-state index contributed by atoms with van der Waals surface area (Å²) in [5.74, 6) is 0. The summed E-state index contributed by atoms with van der Waals surface area (Å²) in [6, 6.07) is 0. The quantitative estimate of drug-likeness (QED) is 0.277. The molecule has 0 saturated heterocycles. The summed E-state index contributed by atoms with van der Waals surface area (Å²) < 4.78 is 8.70. The van der Waals surface area contributed by atoms with Crippen molar-refractivity contribution in [2.75, 3.05) is 0 Å². The molecule has 7 heavy (non-hydrogen) atoms. The summed E-state index contributed by atoms with van der Waals surface area (Å²) in [4.78, 5) is 14.2. The second-order valence-electron chi connectivity index (χ2n) is 0.253. The molecule has 0 aromatic carbocycles. The van der Waals surface area contributed by atoms with Crippen LogP contribution in [0, 0.1) is 0 Å². The van der Waals surface area contributed by atoms with Crippen LogP contribution in [0.1, 0.15) is 1.43 Å². The summed E-state index contributed by atoms with van der Waals surface area (Å²) >= 11 is 0. The smallest absolute Gasteiger partial charge is 1.00 e. The zero-order valence-electron chi connectivity index (χ0n) is 4.96. The predicted octanol–water partition coefficient (Wildman–Crippen LogP) is -4.02. The normalized spacial score (nSPS) is 3.71. The molecule has 0 spiro atoms. The maximum absolute atomic E-state index is 8.70. The van der Waals surface area contributed by atoms with E-state index >= 15 is 0 Å². The summed E-state index contributed by atoms with van der Waals surface area (Å²) in [6.07, 6.45) is 0. The molecule has 7 heteroatoms. The minimum Gasteiger partial charge on any atom is -1.00 e. The van der Waals surface area contributed by atoms with E-state index in [4.69, 9.17) is 14.4 Å². The second kappa shape index (κ2) is 15.7. The first-order valence-electron chi connectivity index (χ1n) is 0.583. The SMILES string of the molecule is O.O=[P+](O)O.P.[H-].[Na+]. The van der Waals surface area contributed by atoms with Crippen LogP contribution in [0.25, 0.3) is 0 Å². The Morgan fingerprint density at radius 2 is 1.43 bits per heavy atom. The Balaban J connectivity index is -0.00000000750. The van der Waals surface area contributed by atoms with Gasteiger partial charge in [-0.2, -0.15) is 9.90 Å². The van der Waals surface area contributed by atoms with Gasteiger partial charge < -0.3 is 6.90 Å². The molecule has 0 aliphatic heterocycles. The van der Waals surface area contributed by atoms with Gasteiger partial charge in [0.2, 0.25) is 0 Å². The van der Waals surface area contributed by atoms with Crippen molar-refractivity contribution in [1.29, 1.82) is 0 Å². The van der Waals surface area contributed by atoms with Crippen LogP contribution in [0.4, 0.5) is 0 Å². The molecule has 0 aromatic rings. The summed E-state index contributed by atoms with van der Waals surface area (Å²) in [5, 5.41) is 0. The molecular formula is H8NaO4P2+. The number of hydrogen-bond acceptors (Lipinski definition) is 1. The van der Waals surface area contributed by atoms with E-state index in [9.17, 15) is 0 Å². The Hall–Kier alpha value is 1.41. The van der Waals surface area contributed by atoms with Crippen molar-refractivity contribution in [3.8, 4) is 0 Å². The number of rotatable bonds is 0. The average molecular weight is 157 g/mol. The third-order valence-electron chi connectivity index (χ3n) is 0. The van der Waals surface area contributed by atoms with E-state index in [1.165, 1.54) is 0 Å². The maximum atomic E-state index is 8.70. The summed E-state index contributed by atoms with van der Waals surface area (Å²) in [5.41, 5.74) is 0. The molecule has 42 valence electrons. The van der Waals surface area contributed by atoms with E-state index in [0.29, 0.717) is 0 Å². The monoisotopic (exact) mass is 157 g/mol. The fourth-order valence-corrected chi connectivity index (χ4v) is 0. The van der Waals surface area contributed by atoms with Crippen LogP contribution in [-0.4, -0.2) is 15.3 Å². The Bertz CT molecular complexity index is 37.0. The van der Waals surface area contributed by atoms with Gasteiger partial charge in [0.05, 0.1) is 0 Å². The van der Waals surface area contributed by atoms with Crippen molar-refractivity contribution >= 4 is 18.2 Å². The molecule has 0 radical (unpaired) electrons. The first kappa shape index (κ1) is 23.7. The van der Waals surface area contributed by atoms with Gasteiger partial charge in [0.1, 0.15) is 0 Å². The molecule has 1 atom stereocenters. The van der Waals surface area contributed by atoms with Crippen LogP contribution in [0.3, 0.4) is 0 Å². The third kappa shape index (κ3) is 109. The van der Waals surface area contributed by atoms with E-state index in [1.807, 2.05) is 0 Å². The molecule has 0 aliphatic rings. The molecule has 0 aliphatic carbocycles. The van der Waals surface area contributed by atoms with Crippen molar-refractivity contribution in [3.05, 3.63) is 0 Å². The molecule has 4 N–H and O–H groups in total. The van der Waals surface area contributed by atoms with Gasteiger partial charge in [-0.25, -0.2) is 0 Å². The molecule has 0 rings (SSSR count). The first-order valence-corrected chi connectivity index (χ1v) is 1.75. The fourth-order valence-electron chi connectivity index (χ4n) is 0. The van der Waals surface area contributed by atoms with E-state index in [1.54, 1.807) is 0 Å². The van der Waals surface area contributed by atoms with Crippen molar-refractivity contribution < 1.29 is 50.8 Å². The molecule has 0 bridgehead atoms. The minimum atomic E-state index is -2.87. The van der Waals surface area contributed by atoms with Crippen LogP contribution in [0.15, 0.2) is 0 Å². The van der Waals surface area contributed by atoms with Gasteiger partial charge in [0.25, 0.3) is 0 Å². The largest absolute Gasteiger partial charge is 1.00 e. The van der Waals surface area contributed by atoms with E-state index in [0.717, 1.165) is 0 Å². The van der Waals surface area contributed by atoms with Gasteiger partial charge in [0, 0.05) is 4.57 Å². The zero-order valence-corrected chi connectivity index (χ0v) is 8.27. The van der Waals surface area contributed by atoms with Gasteiger partial charge in [-0.15, -0.1) is 9.79 Å². The molecule has 0 fully saturated rings. The molecule has 0 amide bonds. The summed E-state index contributed by atoms with van der Waals surface area (Å²) in [7, 11) is -2.87. The molecular weight excluding hydrogens is 149 g/mol. The zero-order chi connectivity index (χ0) is 3.58. The third-order valence-corrected chi connectivity index (χ3v) is 0. The Labute approximate surface area is 69.0 Å². The van der Waals surface area contributed by atoms with Gasteiger partial charge in [-0.05, 0) is 0 Å². The Kier molecular flexibility index (Phi) is 53.1. The maximum Gasteiger partial charge on any atom is 1.00 e. The molecule has 0 saturated carbocycles. The van der Waals surface area contributed by atoms with E-state index < -0.39 is 8.25 Å². The molecule has 0 aromatic heterocycles. The molecule has 4 nitrogen and oxygen atoms in total. The van der Waals surface area contributed by atoms with Crippen molar-refractivity contribution in [2.45, 2.75) is 0 Å². The van der Waals surface area contributed by atoms with Crippen molar-refractivity contribution in [1.82, 2.24) is 0 Å². The van der Waals surface area contributed by atoms with Crippen LogP contribution in [0.5, 0.6) is 0 Å². The Morgan fingerprint density at radius 3 is 1.43 bits per heavy atom. The van der Waals surface area contributed by atoms with Gasteiger partial charge in [-0.3, -0.25) is 0 Å². The van der Waals surface area contributed by atoms with Crippen LogP contribution < -0.4 is 29.6 Å². The van der Waals surface area contributed by atoms with Crippen molar-refractivity contribution in [3.63, 3.8) is 0 Å². The van der Waals surface area contributed by atoms with Crippen LogP contribution in [0.2, 0.25) is 0 Å². The first-order chi connectivity index (χ1) is 1.73. The average Bonchev–Trinajstić information content (AvgIpc) is 0.811. The molecule has 0 heterocycles. The van der Waals surface area contributed by atoms with E-state index in [-0.39, 0.29) is 46.4 Å². The second-order valence-corrected chi connectivity index (χ2v) is 0.758. The minimum absolute atomic E-state index is 0. The van der Waals surface area contributed by atoms with Gasteiger partial charge in [-0.1, -0.05) is 0 Å². The fraction of sp³-hybridized carbons (Fsp3) is 0. The summed E-state index contributed by atoms with van der Waals surface area (Å²) in [6.45, 7) is 0. The topological polar surface area (TPSA) is 89.0 Å². The van der Waals surface area contributed by atoms with Crippen molar-refractivity contribution in [2.24, 2.45) is 0 Å². The van der Waals surface area contributed by atoms with Crippen LogP contribution in [-0.2, 0) is 4.57 Å².